The number of fused-ring (bicyclic) bond motifs is 1. The second kappa shape index (κ2) is 11.8. The van der Waals surface area contributed by atoms with Crippen molar-refractivity contribution in [3.63, 3.8) is 0 Å². The van der Waals surface area contributed by atoms with E-state index in [0.717, 1.165) is 5.56 Å². The number of pyridine rings is 2. The number of aromatic nitrogens is 4. The first-order chi connectivity index (χ1) is 20.8. The molecule has 1 aliphatic heterocycles. The van der Waals surface area contributed by atoms with Crippen molar-refractivity contribution in [1.29, 1.82) is 0 Å². The summed E-state index contributed by atoms with van der Waals surface area (Å²) in [5, 5.41) is 0.460. The van der Waals surface area contributed by atoms with E-state index in [1.54, 1.807) is 23.2 Å². The first-order valence-electron chi connectivity index (χ1n) is 14.2. The lowest BCUT2D eigenvalue weighted by molar-refractivity contribution is -0.128. The van der Waals surface area contributed by atoms with Gasteiger partial charge in [0.25, 0.3) is 0 Å². The van der Waals surface area contributed by atoms with Crippen molar-refractivity contribution in [3.8, 4) is 16.9 Å². The summed E-state index contributed by atoms with van der Waals surface area (Å²) < 4.78 is 16.7. The number of primary amides is 1. The van der Waals surface area contributed by atoms with Crippen molar-refractivity contribution in [2.45, 2.75) is 52.6 Å². The van der Waals surface area contributed by atoms with Crippen molar-refractivity contribution in [2.24, 2.45) is 5.73 Å². The maximum Gasteiger partial charge on any atom is 0.355 e. The molecule has 1 fully saturated rings. The van der Waals surface area contributed by atoms with Crippen LogP contribution in [0.3, 0.4) is 0 Å². The Bertz CT molecular complexity index is 1890. The number of halogens is 2. The maximum absolute atomic E-state index is 15.4. The highest BCUT2D eigenvalue weighted by Crippen LogP contribution is 2.37. The van der Waals surface area contributed by atoms with Gasteiger partial charge in [-0.25, -0.2) is 18.7 Å². The summed E-state index contributed by atoms with van der Waals surface area (Å²) in [4.78, 5) is 56.5. The molecule has 10 nitrogen and oxygen atoms in total. The largest absolute Gasteiger partial charge is 0.366 e. The molecule has 1 aromatic carbocycles. The predicted molar refractivity (Wildman–Crippen MR) is 169 cm³/mol. The topological polar surface area (TPSA) is 127 Å². The average Bonchev–Trinajstić information content (AvgIpc) is 2.97. The molecule has 2 atom stereocenters. The molecular weight excluding hydrogens is 585 g/mol. The minimum Gasteiger partial charge on any atom is -0.366 e. The maximum atomic E-state index is 15.4. The molecule has 3 aromatic heterocycles. The molecule has 0 bridgehead atoms. The van der Waals surface area contributed by atoms with Gasteiger partial charge in [0.15, 0.2) is 5.65 Å². The molecule has 0 unspecified atom stereocenters. The summed E-state index contributed by atoms with van der Waals surface area (Å²) >= 11 is 6.81. The first kappa shape index (κ1) is 30.8. The molecule has 44 heavy (non-hydrogen) atoms. The van der Waals surface area contributed by atoms with E-state index in [1.807, 2.05) is 39.5 Å². The fourth-order valence-corrected chi connectivity index (χ4v) is 6.05. The highest BCUT2D eigenvalue weighted by Gasteiger charge is 2.34. The molecule has 1 aliphatic rings. The van der Waals surface area contributed by atoms with Crippen LogP contribution in [0, 0.1) is 12.7 Å². The van der Waals surface area contributed by atoms with Crippen LogP contribution in [0.25, 0.3) is 28.0 Å². The zero-order chi connectivity index (χ0) is 32.0. The third-order valence-electron chi connectivity index (χ3n) is 7.96. The minimum atomic E-state index is -0.856. The minimum absolute atomic E-state index is 0.0338. The second-order valence-corrected chi connectivity index (χ2v) is 11.7. The number of piperazine rings is 1. The smallest absolute Gasteiger partial charge is 0.355 e. The number of hydrogen-bond acceptors (Lipinski definition) is 7. The predicted octanol–water partition coefficient (Wildman–Crippen LogP) is 4.78. The zero-order valence-corrected chi connectivity index (χ0v) is 25.9. The monoisotopic (exact) mass is 617 g/mol. The summed E-state index contributed by atoms with van der Waals surface area (Å²) in [6.07, 6.45) is 2.95. The van der Waals surface area contributed by atoms with Gasteiger partial charge in [0.1, 0.15) is 11.6 Å². The van der Waals surface area contributed by atoms with Gasteiger partial charge in [-0.15, -0.1) is 0 Å². The van der Waals surface area contributed by atoms with E-state index in [4.69, 9.17) is 22.3 Å². The van der Waals surface area contributed by atoms with Crippen LogP contribution < -0.4 is 16.3 Å². The van der Waals surface area contributed by atoms with Crippen LogP contribution in [0.15, 0.2) is 54.0 Å². The van der Waals surface area contributed by atoms with Crippen LogP contribution in [0.2, 0.25) is 5.02 Å². The summed E-state index contributed by atoms with van der Waals surface area (Å²) in [6, 6.07) is 6.86. The summed E-state index contributed by atoms with van der Waals surface area (Å²) in [5.41, 5.74) is 6.70. The lowest BCUT2D eigenvalue weighted by Gasteiger charge is -2.44. The van der Waals surface area contributed by atoms with E-state index in [2.05, 4.69) is 16.5 Å². The van der Waals surface area contributed by atoms with Crippen LogP contribution in [-0.2, 0) is 4.79 Å². The summed E-state index contributed by atoms with van der Waals surface area (Å²) in [5.74, 6) is -1.53. The van der Waals surface area contributed by atoms with E-state index in [1.165, 1.54) is 28.8 Å². The Morgan fingerprint density at radius 1 is 1.16 bits per heavy atom. The van der Waals surface area contributed by atoms with Gasteiger partial charge in [0.05, 0.1) is 38.6 Å². The Balaban J connectivity index is 1.87. The van der Waals surface area contributed by atoms with Crippen LogP contribution in [0.1, 0.15) is 55.2 Å². The van der Waals surface area contributed by atoms with E-state index in [9.17, 15) is 14.4 Å². The van der Waals surface area contributed by atoms with E-state index < -0.39 is 17.4 Å². The Morgan fingerprint density at radius 2 is 1.89 bits per heavy atom. The normalized spacial score (nSPS) is 16.9. The van der Waals surface area contributed by atoms with Gasteiger partial charge in [-0.1, -0.05) is 38.1 Å². The fourth-order valence-electron chi connectivity index (χ4n) is 5.80. The van der Waals surface area contributed by atoms with Crippen LogP contribution in [0.4, 0.5) is 10.2 Å². The van der Waals surface area contributed by atoms with Crippen LogP contribution >= 0.6 is 11.6 Å². The van der Waals surface area contributed by atoms with Crippen molar-refractivity contribution >= 4 is 40.3 Å². The van der Waals surface area contributed by atoms with Crippen LogP contribution in [-0.4, -0.2) is 61.4 Å². The Labute approximate surface area is 259 Å². The SMILES string of the molecule is C=CC(=O)N1C[C@H](C)N(c2nc(=O)n(-c3c(C)ccnc3C(C)C)c3nc(-c4c(F)cccc4C(N)=O)c(Cl)cc23)C[C@H]1C. The van der Waals surface area contributed by atoms with Crippen molar-refractivity contribution < 1.29 is 14.0 Å². The van der Waals surface area contributed by atoms with Crippen molar-refractivity contribution in [2.75, 3.05) is 18.0 Å². The van der Waals surface area contributed by atoms with E-state index >= 15 is 4.39 Å². The molecule has 1 saturated heterocycles. The standard InChI is InChI=1S/C32H33ClFN7O3/c1-7-24(42)39-14-19(6)40(15-18(39)5)30-21-13-22(33)27(25-20(29(35)43)9-8-10-23(25)34)37-31(21)41(32(44)38-30)28-17(4)11-12-36-26(28)16(2)3/h7-13,16,18-19H,1,14-15H2,2-6H3,(H2,35,43)/t18-,19+/m1/s1. The van der Waals surface area contributed by atoms with Gasteiger partial charge in [-0.3, -0.25) is 14.6 Å². The number of aryl methyl sites for hydroxylation is 1. The number of nitrogens with two attached hydrogens (primary N) is 1. The first-order valence-corrected chi connectivity index (χ1v) is 14.6. The molecule has 0 saturated carbocycles. The van der Waals surface area contributed by atoms with Crippen molar-refractivity contribution in [1.82, 2.24) is 24.4 Å². The third-order valence-corrected chi connectivity index (χ3v) is 8.25. The molecule has 12 heteroatoms. The number of nitrogens with zero attached hydrogens (tertiary/aromatic N) is 6. The summed E-state index contributed by atoms with van der Waals surface area (Å²) in [7, 11) is 0. The fraction of sp³-hybridized carbons (Fsp3) is 0.312. The highest BCUT2D eigenvalue weighted by atomic mass is 35.5. The average molecular weight is 618 g/mol. The molecule has 0 radical (unpaired) electrons. The number of rotatable bonds is 6. The molecule has 0 aliphatic carbocycles. The van der Waals surface area contributed by atoms with E-state index in [0.29, 0.717) is 35.7 Å². The number of hydrogen-bond donors (Lipinski definition) is 1. The molecule has 228 valence electrons. The molecule has 2 N–H and O–H groups in total. The Hall–Kier alpha value is -4.64. The molecular formula is C32H33ClFN7O3. The molecule has 4 aromatic rings. The zero-order valence-electron chi connectivity index (χ0n) is 25.1. The number of anilines is 1. The lowest BCUT2D eigenvalue weighted by Crippen LogP contribution is -2.58. The van der Waals surface area contributed by atoms with Gasteiger partial charge in [-0.05, 0) is 62.6 Å². The van der Waals surface area contributed by atoms with Crippen molar-refractivity contribution in [3.05, 3.63) is 87.3 Å². The van der Waals surface area contributed by atoms with E-state index in [-0.39, 0.29) is 51.4 Å². The number of carbonyl (C=O) groups is 2. The van der Waals surface area contributed by atoms with Gasteiger partial charge in [0.2, 0.25) is 11.8 Å². The third kappa shape index (κ3) is 5.21. The molecule has 0 spiro atoms. The van der Waals surface area contributed by atoms with Gasteiger partial charge >= 0.3 is 5.69 Å². The summed E-state index contributed by atoms with van der Waals surface area (Å²) in [6.45, 7) is 14.0. The second-order valence-electron chi connectivity index (χ2n) is 11.3. The van der Waals surface area contributed by atoms with Gasteiger partial charge in [-0.2, -0.15) is 4.98 Å². The lowest BCUT2D eigenvalue weighted by atomic mass is 10.0. The van der Waals surface area contributed by atoms with Crippen LogP contribution in [0.5, 0.6) is 0 Å². The highest BCUT2D eigenvalue weighted by molar-refractivity contribution is 6.34. The molecule has 4 heterocycles. The molecule has 2 amide bonds. The Morgan fingerprint density at radius 3 is 2.55 bits per heavy atom. The van der Waals surface area contributed by atoms with Gasteiger partial charge < -0.3 is 15.5 Å². The van der Waals surface area contributed by atoms with Gasteiger partial charge in [0, 0.05) is 31.4 Å². The quantitative estimate of drug-likeness (QED) is 0.309. The Kier molecular flexibility index (Phi) is 8.26. The molecule has 5 rings (SSSR count). The number of carbonyl (C=O) groups excluding carboxylic acids is 2. The number of benzene rings is 1. The number of amides is 2.